The number of carbonyl (C=O) groups is 1. The van der Waals surface area contributed by atoms with Crippen molar-refractivity contribution in [1.29, 1.82) is 0 Å². The zero-order valence-electron chi connectivity index (χ0n) is 17.3. The van der Waals surface area contributed by atoms with Crippen molar-refractivity contribution >= 4 is 5.91 Å². The summed E-state index contributed by atoms with van der Waals surface area (Å²) in [4.78, 5) is 14.8. The molecule has 1 heterocycles. The lowest BCUT2D eigenvalue weighted by Gasteiger charge is -2.30. The third-order valence-corrected chi connectivity index (χ3v) is 5.34. The summed E-state index contributed by atoms with van der Waals surface area (Å²) in [6, 6.07) is 14.1. The Morgan fingerprint density at radius 1 is 1.18 bits per heavy atom. The van der Waals surface area contributed by atoms with E-state index < -0.39 is 0 Å². The highest BCUT2D eigenvalue weighted by Gasteiger charge is 2.16. The molecule has 150 valence electrons. The Bertz CT molecular complexity index is 786. The highest BCUT2D eigenvalue weighted by Crippen LogP contribution is 2.19. The van der Waals surface area contributed by atoms with Crippen LogP contribution in [-0.4, -0.2) is 37.0 Å². The molecule has 1 N–H and O–H groups in total. The molecule has 2 aromatic rings. The lowest BCUT2D eigenvalue weighted by atomic mass is 9.99. The second-order valence-electron chi connectivity index (χ2n) is 8.05. The third-order valence-electron chi connectivity index (χ3n) is 5.34. The Kier molecular flexibility index (Phi) is 7.10. The fourth-order valence-electron chi connectivity index (χ4n) is 3.84. The number of benzene rings is 2. The van der Waals surface area contributed by atoms with E-state index in [0.29, 0.717) is 18.7 Å². The van der Waals surface area contributed by atoms with Crippen LogP contribution >= 0.6 is 0 Å². The average molecular weight is 381 g/mol. The van der Waals surface area contributed by atoms with E-state index in [0.717, 1.165) is 23.8 Å². The number of carbonyl (C=O) groups excluding carboxylic acids is 1. The van der Waals surface area contributed by atoms with Crippen molar-refractivity contribution in [3.63, 3.8) is 0 Å². The van der Waals surface area contributed by atoms with Crippen LogP contribution in [0.2, 0.25) is 0 Å². The van der Waals surface area contributed by atoms with Gasteiger partial charge in [-0.25, -0.2) is 0 Å². The molecule has 4 nitrogen and oxygen atoms in total. The van der Waals surface area contributed by atoms with Gasteiger partial charge in [0.05, 0.1) is 6.54 Å². The first-order valence-electron chi connectivity index (χ1n) is 10.3. The number of amides is 1. The van der Waals surface area contributed by atoms with E-state index in [-0.39, 0.29) is 5.91 Å². The number of rotatable bonds is 7. The van der Waals surface area contributed by atoms with E-state index >= 15 is 0 Å². The largest absolute Gasteiger partial charge is 0.491 e. The SMILES string of the molecule is Cc1ccc(OCCNC(=O)c2ccc(CN3CCC[C@H](C)C3)cc2)c(C)c1. The molecule has 2 aromatic carbocycles. The van der Waals surface area contributed by atoms with E-state index in [1.807, 2.05) is 31.2 Å². The monoisotopic (exact) mass is 380 g/mol. The maximum absolute atomic E-state index is 12.3. The Labute approximate surface area is 168 Å². The number of likely N-dealkylation sites (tertiary alicyclic amines) is 1. The van der Waals surface area contributed by atoms with E-state index in [2.05, 4.69) is 42.3 Å². The second kappa shape index (κ2) is 9.74. The maximum atomic E-state index is 12.3. The van der Waals surface area contributed by atoms with Crippen LogP contribution in [0.15, 0.2) is 42.5 Å². The number of piperidine rings is 1. The molecule has 0 unspecified atom stereocenters. The average Bonchev–Trinajstić information content (AvgIpc) is 2.67. The zero-order chi connectivity index (χ0) is 19.9. The van der Waals surface area contributed by atoms with Crippen LogP contribution < -0.4 is 10.1 Å². The standard InChI is InChI=1S/C24H32N2O2/c1-18-6-11-23(20(3)15-18)28-14-12-25-24(27)22-9-7-21(8-10-22)17-26-13-4-5-19(2)16-26/h6-11,15,19H,4-5,12-14,16-17H2,1-3H3,(H,25,27)/t19-/m0/s1. The van der Waals surface area contributed by atoms with Gasteiger partial charge < -0.3 is 10.1 Å². The number of nitrogens with one attached hydrogen (secondary N) is 1. The lowest BCUT2D eigenvalue weighted by Crippen LogP contribution is -2.33. The topological polar surface area (TPSA) is 41.6 Å². The fourth-order valence-corrected chi connectivity index (χ4v) is 3.84. The van der Waals surface area contributed by atoms with Gasteiger partial charge in [0.25, 0.3) is 5.91 Å². The smallest absolute Gasteiger partial charge is 0.251 e. The summed E-state index contributed by atoms with van der Waals surface area (Å²) in [5, 5.41) is 2.93. The summed E-state index contributed by atoms with van der Waals surface area (Å²) < 4.78 is 5.77. The highest BCUT2D eigenvalue weighted by molar-refractivity contribution is 5.94. The van der Waals surface area contributed by atoms with Gasteiger partial charge in [-0.2, -0.15) is 0 Å². The number of ether oxygens (including phenoxy) is 1. The number of hydrogen-bond donors (Lipinski definition) is 1. The molecule has 1 amide bonds. The molecule has 0 spiro atoms. The molecule has 1 atom stereocenters. The highest BCUT2D eigenvalue weighted by atomic mass is 16.5. The number of hydrogen-bond acceptors (Lipinski definition) is 3. The van der Waals surface area contributed by atoms with Crippen LogP contribution in [0, 0.1) is 19.8 Å². The summed E-state index contributed by atoms with van der Waals surface area (Å²) in [5.74, 6) is 1.60. The number of nitrogens with zero attached hydrogens (tertiary/aromatic N) is 1. The molecule has 3 rings (SSSR count). The normalized spacial score (nSPS) is 17.3. The molecule has 0 saturated carbocycles. The van der Waals surface area contributed by atoms with Crippen molar-refractivity contribution in [3.05, 3.63) is 64.7 Å². The van der Waals surface area contributed by atoms with Crippen LogP contribution in [0.3, 0.4) is 0 Å². The second-order valence-corrected chi connectivity index (χ2v) is 8.05. The quantitative estimate of drug-likeness (QED) is 0.727. The predicted molar refractivity (Wildman–Crippen MR) is 114 cm³/mol. The number of aryl methyl sites for hydroxylation is 2. The molecule has 0 radical (unpaired) electrons. The van der Waals surface area contributed by atoms with Crippen LogP contribution in [0.4, 0.5) is 0 Å². The summed E-state index contributed by atoms with van der Waals surface area (Å²) in [6.07, 6.45) is 2.62. The first-order chi connectivity index (χ1) is 13.5. The summed E-state index contributed by atoms with van der Waals surface area (Å²) in [5.41, 5.74) is 4.30. The van der Waals surface area contributed by atoms with Gasteiger partial charge >= 0.3 is 0 Å². The minimum atomic E-state index is -0.0534. The molecule has 0 bridgehead atoms. The van der Waals surface area contributed by atoms with E-state index in [1.165, 1.54) is 37.1 Å². The van der Waals surface area contributed by atoms with Gasteiger partial charge in [-0.1, -0.05) is 36.8 Å². The van der Waals surface area contributed by atoms with Crippen molar-refractivity contribution in [2.45, 2.75) is 40.2 Å². The van der Waals surface area contributed by atoms with Crippen molar-refractivity contribution < 1.29 is 9.53 Å². The summed E-state index contributed by atoms with van der Waals surface area (Å²) >= 11 is 0. The van der Waals surface area contributed by atoms with Crippen LogP contribution in [0.5, 0.6) is 5.75 Å². The minimum absolute atomic E-state index is 0.0534. The molecule has 4 heteroatoms. The van der Waals surface area contributed by atoms with Crippen LogP contribution in [-0.2, 0) is 6.54 Å². The van der Waals surface area contributed by atoms with Gasteiger partial charge in [0.1, 0.15) is 12.4 Å². The van der Waals surface area contributed by atoms with Gasteiger partial charge in [0.2, 0.25) is 0 Å². The van der Waals surface area contributed by atoms with E-state index in [1.54, 1.807) is 0 Å². The van der Waals surface area contributed by atoms with Gasteiger partial charge in [0.15, 0.2) is 0 Å². The third kappa shape index (κ3) is 5.83. The van der Waals surface area contributed by atoms with Gasteiger partial charge in [-0.3, -0.25) is 9.69 Å². The first-order valence-corrected chi connectivity index (χ1v) is 10.3. The fraction of sp³-hybridized carbons (Fsp3) is 0.458. The zero-order valence-corrected chi connectivity index (χ0v) is 17.3. The molecule has 1 fully saturated rings. The van der Waals surface area contributed by atoms with Gasteiger partial charge in [-0.05, 0) is 68.5 Å². The minimum Gasteiger partial charge on any atom is -0.491 e. The Morgan fingerprint density at radius 2 is 1.96 bits per heavy atom. The van der Waals surface area contributed by atoms with Gasteiger partial charge in [-0.15, -0.1) is 0 Å². The van der Waals surface area contributed by atoms with Crippen LogP contribution in [0.1, 0.15) is 46.8 Å². The van der Waals surface area contributed by atoms with Crippen molar-refractivity contribution in [2.75, 3.05) is 26.2 Å². The Hall–Kier alpha value is -2.33. The molecule has 1 saturated heterocycles. The van der Waals surface area contributed by atoms with E-state index in [9.17, 15) is 4.79 Å². The van der Waals surface area contributed by atoms with Crippen LogP contribution in [0.25, 0.3) is 0 Å². The molecular formula is C24H32N2O2. The molecule has 1 aliphatic rings. The molecular weight excluding hydrogens is 348 g/mol. The molecule has 1 aliphatic heterocycles. The maximum Gasteiger partial charge on any atom is 0.251 e. The van der Waals surface area contributed by atoms with Crippen molar-refractivity contribution in [1.82, 2.24) is 10.2 Å². The summed E-state index contributed by atoms with van der Waals surface area (Å²) in [6.45, 7) is 10.7. The Morgan fingerprint density at radius 3 is 2.68 bits per heavy atom. The van der Waals surface area contributed by atoms with Crippen molar-refractivity contribution in [3.8, 4) is 5.75 Å². The Balaban J connectivity index is 1.43. The molecule has 0 aromatic heterocycles. The first kappa shape index (κ1) is 20.4. The molecule has 28 heavy (non-hydrogen) atoms. The predicted octanol–water partition coefficient (Wildman–Crippen LogP) is 4.34. The van der Waals surface area contributed by atoms with E-state index in [4.69, 9.17) is 4.74 Å². The molecule has 0 aliphatic carbocycles. The van der Waals surface area contributed by atoms with Crippen molar-refractivity contribution in [2.24, 2.45) is 5.92 Å². The summed E-state index contributed by atoms with van der Waals surface area (Å²) in [7, 11) is 0. The lowest BCUT2D eigenvalue weighted by molar-refractivity contribution is 0.0947. The van der Waals surface area contributed by atoms with Gasteiger partial charge in [0, 0.05) is 18.7 Å².